The molecule has 5 rings (SSSR count). The van der Waals surface area contributed by atoms with Crippen molar-refractivity contribution in [3.05, 3.63) is 48.8 Å². The number of nitrogens with one attached hydrogen (secondary N) is 2. The van der Waals surface area contributed by atoms with Crippen LogP contribution >= 0.6 is 0 Å². The normalized spacial score (nSPS) is 20.7. The lowest BCUT2D eigenvalue weighted by Gasteiger charge is -2.33. The maximum Gasteiger partial charge on any atom is 0.247 e. The molecule has 3 N–H and O–H groups in total. The first-order chi connectivity index (χ1) is 15.9. The summed E-state index contributed by atoms with van der Waals surface area (Å²) < 4.78 is 9.22. The highest BCUT2D eigenvalue weighted by molar-refractivity contribution is 5.73. The minimum atomic E-state index is -0.571. The molecule has 0 bridgehead atoms. The van der Waals surface area contributed by atoms with E-state index >= 15 is 0 Å². The number of fused-ring (bicyclic) bond motifs is 1. The van der Waals surface area contributed by atoms with Crippen LogP contribution < -0.4 is 15.4 Å². The number of hydrogen-bond acceptors (Lipinski definition) is 7. The summed E-state index contributed by atoms with van der Waals surface area (Å²) in [6.45, 7) is 1.91. The summed E-state index contributed by atoms with van der Waals surface area (Å²) in [5.74, 6) is 1.92. The van der Waals surface area contributed by atoms with E-state index in [4.69, 9.17) is 9.72 Å². The van der Waals surface area contributed by atoms with E-state index in [1.54, 1.807) is 11.8 Å². The second-order valence-corrected chi connectivity index (χ2v) is 8.95. The van der Waals surface area contributed by atoms with Crippen LogP contribution in [0.1, 0.15) is 32.6 Å². The first kappa shape index (κ1) is 21.3. The van der Waals surface area contributed by atoms with Crippen LogP contribution in [0, 0.1) is 0 Å². The molecule has 4 aromatic rings. The van der Waals surface area contributed by atoms with Crippen molar-refractivity contribution in [1.82, 2.24) is 24.4 Å². The number of ether oxygens (including phenoxy) is 1. The monoisotopic (exact) mass is 447 g/mol. The van der Waals surface area contributed by atoms with Crippen molar-refractivity contribution >= 4 is 23.0 Å². The van der Waals surface area contributed by atoms with Crippen molar-refractivity contribution in [2.24, 2.45) is 7.05 Å². The van der Waals surface area contributed by atoms with Crippen LogP contribution in [0.2, 0.25) is 0 Å². The van der Waals surface area contributed by atoms with Crippen molar-refractivity contribution < 1.29 is 9.84 Å². The third-order valence-electron chi connectivity index (χ3n) is 6.25. The van der Waals surface area contributed by atoms with Gasteiger partial charge < -0.3 is 20.5 Å². The summed E-state index contributed by atoms with van der Waals surface area (Å²) in [6.07, 6.45) is 7.16. The highest BCUT2D eigenvalue weighted by Gasteiger charge is 2.29. The predicted molar refractivity (Wildman–Crippen MR) is 128 cm³/mol. The molecule has 0 unspecified atom stereocenters. The van der Waals surface area contributed by atoms with Gasteiger partial charge >= 0.3 is 0 Å². The molecule has 0 aliphatic heterocycles. The van der Waals surface area contributed by atoms with Gasteiger partial charge in [0.2, 0.25) is 5.95 Å². The maximum absolute atomic E-state index is 10.3. The molecule has 33 heavy (non-hydrogen) atoms. The Kier molecular flexibility index (Phi) is 5.41. The summed E-state index contributed by atoms with van der Waals surface area (Å²) in [4.78, 5) is 4.77. The molecular weight excluding hydrogens is 418 g/mol. The lowest BCUT2D eigenvalue weighted by Crippen LogP contribution is -2.36. The van der Waals surface area contributed by atoms with Crippen LogP contribution in [0.3, 0.4) is 0 Å². The molecule has 3 aromatic heterocycles. The third-order valence-corrected chi connectivity index (χ3v) is 6.25. The van der Waals surface area contributed by atoms with Gasteiger partial charge in [0.05, 0.1) is 24.1 Å². The van der Waals surface area contributed by atoms with Gasteiger partial charge in [-0.2, -0.15) is 10.1 Å². The number of methoxy groups -OCH3 is 1. The number of benzene rings is 1. The Labute approximate surface area is 192 Å². The van der Waals surface area contributed by atoms with Crippen LogP contribution in [0.15, 0.2) is 48.8 Å². The van der Waals surface area contributed by atoms with E-state index in [1.807, 2.05) is 67.3 Å². The molecule has 0 atom stereocenters. The van der Waals surface area contributed by atoms with Crippen LogP contribution in [0.25, 0.3) is 16.8 Å². The molecule has 1 fully saturated rings. The molecule has 9 nitrogen and oxygen atoms in total. The Morgan fingerprint density at radius 3 is 2.67 bits per heavy atom. The van der Waals surface area contributed by atoms with Gasteiger partial charge in [-0.15, -0.1) is 5.10 Å². The number of aryl methyl sites for hydroxylation is 1. The summed E-state index contributed by atoms with van der Waals surface area (Å²) >= 11 is 0. The van der Waals surface area contributed by atoms with Crippen LogP contribution in [0.5, 0.6) is 5.75 Å². The predicted octanol–water partition coefficient (Wildman–Crippen LogP) is 3.99. The van der Waals surface area contributed by atoms with Gasteiger partial charge in [-0.1, -0.05) is 6.07 Å². The van der Waals surface area contributed by atoms with E-state index in [2.05, 4.69) is 20.8 Å². The van der Waals surface area contributed by atoms with Gasteiger partial charge in [-0.25, -0.2) is 4.52 Å². The van der Waals surface area contributed by atoms with Gasteiger partial charge in [0.1, 0.15) is 11.3 Å². The van der Waals surface area contributed by atoms with E-state index in [1.165, 1.54) is 0 Å². The summed E-state index contributed by atoms with van der Waals surface area (Å²) in [5, 5.41) is 26.2. The molecule has 0 radical (unpaired) electrons. The fraction of sp³-hybridized carbons (Fsp3) is 0.375. The molecule has 1 aliphatic rings. The highest BCUT2D eigenvalue weighted by Crippen LogP contribution is 2.33. The van der Waals surface area contributed by atoms with Crippen molar-refractivity contribution in [1.29, 1.82) is 0 Å². The minimum Gasteiger partial charge on any atom is -0.495 e. The summed E-state index contributed by atoms with van der Waals surface area (Å²) in [5.41, 5.74) is 2.96. The number of anilines is 3. The van der Waals surface area contributed by atoms with Gasteiger partial charge in [0.25, 0.3) is 0 Å². The zero-order valence-electron chi connectivity index (χ0n) is 19.1. The molecule has 1 aromatic carbocycles. The third kappa shape index (κ3) is 4.49. The molecule has 9 heteroatoms. The molecule has 0 spiro atoms. The smallest absolute Gasteiger partial charge is 0.247 e. The second-order valence-electron chi connectivity index (χ2n) is 8.95. The number of aromatic nitrogens is 5. The summed E-state index contributed by atoms with van der Waals surface area (Å²) in [7, 11) is 3.54. The van der Waals surface area contributed by atoms with E-state index < -0.39 is 5.60 Å². The van der Waals surface area contributed by atoms with Crippen molar-refractivity contribution in [2.75, 3.05) is 17.7 Å². The molecular formula is C24H29N7O2. The quantitative estimate of drug-likeness (QED) is 0.411. The minimum absolute atomic E-state index is 0.263. The van der Waals surface area contributed by atoms with E-state index in [0.717, 1.165) is 54.0 Å². The van der Waals surface area contributed by atoms with Gasteiger partial charge in [-0.3, -0.25) is 4.68 Å². The van der Waals surface area contributed by atoms with Crippen molar-refractivity contribution in [3.63, 3.8) is 0 Å². The Balaban J connectivity index is 1.41. The van der Waals surface area contributed by atoms with Gasteiger partial charge in [0.15, 0.2) is 5.82 Å². The van der Waals surface area contributed by atoms with Crippen LogP contribution in [0.4, 0.5) is 17.5 Å². The topological polar surface area (TPSA) is 102 Å². The Hall–Kier alpha value is -3.59. The molecule has 0 saturated heterocycles. The molecule has 3 heterocycles. The highest BCUT2D eigenvalue weighted by atomic mass is 16.5. The summed E-state index contributed by atoms with van der Waals surface area (Å²) in [6, 6.07) is 12.1. The zero-order valence-corrected chi connectivity index (χ0v) is 19.1. The Morgan fingerprint density at radius 2 is 1.94 bits per heavy atom. The van der Waals surface area contributed by atoms with Crippen molar-refractivity contribution in [2.45, 2.75) is 44.2 Å². The average Bonchev–Trinajstić information content (AvgIpc) is 3.44. The van der Waals surface area contributed by atoms with Crippen LogP contribution in [-0.4, -0.2) is 48.2 Å². The van der Waals surface area contributed by atoms with Gasteiger partial charge in [0, 0.05) is 31.0 Å². The number of rotatable bonds is 6. The van der Waals surface area contributed by atoms with Crippen LogP contribution in [-0.2, 0) is 7.05 Å². The zero-order chi connectivity index (χ0) is 23.0. The second kappa shape index (κ2) is 8.40. The molecule has 0 amide bonds. The van der Waals surface area contributed by atoms with Crippen molar-refractivity contribution in [3.8, 4) is 17.0 Å². The lowest BCUT2D eigenvalue weighted by molar-refractivity contribution is 0.0196. The first-order valence-electron chi connectivity index (χ1n) is 11.2. The lowest BCUT2D eigenvalue weighted by atomic mass is 9.84. The Bertz CT molecular complexity index is 1270. The first-order valence-corrected chi connectivity index (χ1v) is 11.2. The Morgan fingerprint density at radius 1 is 1.12 bits per heavy atom. The van der Waals surface area contributed by atoms with E-state index in [-0.39, 0.29) is 6.04 Å². The van der Waals surface area contributed by atoms with Gasteiger partial charge in [-0.05, 0) is 62.9 Å². The SMILES string of the molecule is COc1cc(-c2ccn(C)n2)ccc1Nc1nc(N[C@H]2CC[C@](C)(O)CC2)c2cccn2n1. The average molecular weight is 448 g/mol. The van der Waals surface area contributed by atoms with E-state index in [0.29, 0.717) is 11.7 Å². The van der Waals surface area contributed by atoms with E-state index in [9.17, 15) is 5.11 Å². The fourth-order valence-electron chi connectivity index (χ4n) is 4.31. The standard InChI is InChI=1S/C24H29N7O2/c1-24(32)11-8-17(9-12-24)25-22-20-5-4-13-31(20)29-23(27-22)26-19-7-6-16(15-21(19)33-3)18-10-14-30(2)28-18/h4-7,10,13-15,17,32H,8-9,11-12H2,1-3H3,(H2,25,26,27,29)/t17-,24-. The molecule has 172 valence electrons. The number of aliphatic hydroxyl groups is 1. The largest absolute Gasteiger partial charge is 0.495 e. The fourth-order valence-corrected chi connectivity index (χ4v) is 4.31. The molecule has 1 aliphatic carbocycles. The maximum atomic E-state index is 10.3. The number of nitrogens with zero attached hydrogens (tertiary/aromatic N) is 5. The molecule has 1 saturated carbocycles. The number of hydrogen-bond donors (Lipinski definition) is 3.